The Morgan fingerprint density at radius 3 is 1.96 bits per heavy atom. The molecule has 1 amide bonds. The molecule has 0 heterocycles. The van der Waals surface area contributed by atoms with Crippen molar-refractivity contribution in [3.05, 3.63) is 106 Å². The van der Waals surface area contributed by atoms with Crippen molar-refractivity contribution in [1.29, 1.82) is 0 Å². The monoisotopic (exact) mass is 362 g/mol. The smallest absolute Gasteiger partial charge is 0.414 e. The van der Waals surface area contributed by atoms with Gasteiger partial charge in [0.25, 0.3) is 5.69 Å². The van der Waals surface area contributed by atoms with E-state index in [1.165, 1.54) is 17.0 Å². The average molecular weight is 362 g/mol. The predicted octanol–water partition coefficient (Wildman–Crippen LogP) is 4.94. The van der Waals surface area contributed by atoms with E-state index in [0.717, 1.165) is 11.1 Å². The Kier molecular flexibility index (Phi) is 5.79. The number of rotatable bonds is 6. The van der Waals surface area contributed by atoms with E-state index in [4.69, 9.17) is 4.74 Å². The number of carbonyl (C=O) groups excluding carboxylic acids is 1. The molecule has 3 rings (SSSR count). The molecule has 136 valence electrons. The van der Waals surface area contributed by atoms with Crippen LogP contribution in [0.4, 0.5) is 16.2 Å². The number of ether oxygens (including phenoxy) is 1. The molecular formula is C21H18N2O4. The molecule has 6 nitrogen and oxygen atoms in total. The summed E-state index contributed by atoms with van der Waals surface area (Å²) in [5.41, 5.74) is 2.31. The van der Waals surface area contributed by atoms with Crippen LogP contribution in [0.2, 0.25) is 0 Å². The van der Waals surface area contributed by atoms with Gasteiger partial charge in [-0.2, -0.15) is 0 Å². The van der Waals surface area contributed by atoms with Crippen molar-refractivity contribution < 1.29 is 14.5 Å². The summed E-state index contributed by atoms with van der Waals surface area (Å²) in [5, 5.41) is 10.9. The van der Waals surface area contributed by atoms with Gasteiger partial charge in [0.1, 0.15) is 6.61 Å². The largest absolute Gasteiger partial charge is 0.444 e. The van der Waals surface area contributed by atoms with Crippen LogP contribution in [0.25, 0.3) is 0 Å². The maximum absolute atomic E-state index is 12.7. The quantitative estimate of drug-likeness (QED) is 0.460. The highest BCUT2D eigenvalue weighted by Gasteiger charge is 2.19. The second-order valence-electron chi connectivity index (χ2n) is 5.89. The fourth-order valence-corrected chi connectivity index (χ4v) is 2.58. The Labute approximate surface area is 156 Å². The zero-order valence-electron chi connectivity index (χ0n) is 14.5. The van der Waals surface area contributed by atoms with Crippen molar-refractivity contribution in [2.75, 3.05) is 4.90 Å². The first-order valence-electron chi connectivity index (χ1n) is 8.40. The van der Waals surface area contributed by atoms with Gasteiger partial charge in [-0.15, -0.1) is 0 Å². The topological polar surface area (TPSA) is 72.7 Å². The molecule has 0 fully saturated rings. The first-order chi connectivity index (χ1) is 13.1. The van der Waals surface area contributed by atoms with Crippen molar-refractivity contribution in [3.8, 4) is 0 Å². The Hall–Kier alpha value is -3.67. The second-order valence-corrected chi connectivity index (χ2v) is 5.89. The number of amides is 1. The zero-order valence-corrected chi connectivity index (χ0v) is 14.5. The number of carbonyl (C=O) groups is 1. The van der Waals surface area contributed by atoms with E-state index in [2.05, 4.69) is 0 Å². The van der Waals surface area contributed by atoms with Gasteiger partial charge in [0.15, 0.2) is 0 Å². The Bertz CT molecular complexity index is 896. The van der Waals surface area contributed by atoms with Gasteiger partial charge in [-0.1, -0.05) is 60.7 Å². The molecule has 0 radical (unpaired) electrons. The molecule has 0 aromatic heterocycles. The summed E-state index contributed by atoms with van der Waals surface area (Å²) in [6.07, 6.45) is -0.517. The molecule has 27 heavy (non-hydrogen) atoms. The summed E-state index contributed by atoms with van der Waals surface area (Å²) in [5.74, 6) is 0. The molecule has 0 unspecified atom stereocenters. The molecule has 3 aromatic carbocycles. The third-order valence-electron chi connectivity index (χ3n) is 3.98. The second kappa shape index (κ2) is 8.62. The van der Waals surface area contributed by atoms with Crippen molar-refractivity contribution in [3.63, 3.8) is 0 Å². The molecule has 0 atom stereocenters. The average Bonchev–Trinajstić information content (AvgIpc) is 2.72. The summed E-state index contributed by atoms with van der Waals surface area (Å²) < 4.78 is 5.45. The van der Waals surface area contributed by atoms with Gasteiger partial charge in [0, 0.05) is 17.8 Å². The van der Waals surface area contributed by atoms with Gasteiger partial charge in [-0.25, -0.2) is 4.79 Å². The van der Waals surface area contributed by atoms with Crippen LogP contribution in [0.15, 0.2) is 84.9 Å². The van der Waals surface area contributed by atoms with E-state index in [0.29, 0.717) is 12.2 Å². The van der Waals surface area contributed by atoms with Crippen LogP contribution in [0, 0.1) is 10.1 Å². The number of hydrogen-bond acceptors (Lipinski definition) is 4. The molecule has 3 aromatic rings. The van der Waals surface area contributed by atoms with Crippen LogP contribution < -0.4 is 4.90 Å². The van der Waals surface area contributed by atoms with Crippen LogP contribution in [-0.4, -0.2) is 11.0 Å². The van der Waals surface area contributed by atoms with E-state index in [-0.39, 0.29) is 12.3 Å². The van der Waals surface area contributed by atoms with Crippen LogP contribution in [-0.2, 0) is 17.9 Å². The summed E-state index contributed by atoms with van der Waals surface area (Å²) in [6.45, 7) is 0.449. The number of nitrogens with zero attached hydrogens (tertiary/aromatic N) is 2. The van der Waals surface area contributed by atoms with Gasteiger partial charge in [-0.3, -0.25) is 15.0 Å². The van der Waals surface area contributed by atoms with E-state index in [1.54, 1.807) is 12.1 Å². The lowest BCUT2D eigenvalue weighted by molar-refractivity contribution is -0.384. The summed E-state index contributed by atoms with van der Waals surface area (Å²) in [4.78, 5) is 24.6. The normalized spacial score (nSPS) is 10.2. The third-order valence-corrected chi connectivity index (χ3v) is 3.98. The lowest BCUT2D eigenvalue weighted by Crippen LogP contribution is -2.31. The van der Waals surface area contributed by atoms with Gasteiger partial charge < -0.3 is 4.74 Å². The molecule has 0 bridgehead atoms. The molecule has 0 N–H and O–H groups in total. The first kappa shape index (κ1) is 18.1. The number of anilines is 1. The van der Waals surface area contributed by atoms with Gasteiger partial charge in [-0.05, 0) is 23.3 Å². The SMILES string of the molecule is O=C(OCc1ccccc1)N(Cc1ccccc1)c1ccc([N+](=O)[O-])cc1. The van der Waals surface area contributed by atoms with Crippen LogP contribution in [0.1, 0.15) is 11.1 Å². The van der Waals surface area contributed by atoms with E-state index in [1.807, 2.05) is 60.7 Å². The molecule has 0 aliphatic carbocycles. The first-order valence-corrected chi connectivity index (χ1v) is 8.40. The van der Waals surface area contributed by atoms with Crippen molar-refractivity contribution in [2.45, 2.75) is 13.2 Å². The lowest BCUT2D eigenvalue weighted by atomic mass is 10.2. The number of benzene rings is 3. The van der Waals surface area contributed by atoms with E-state index in [9.17, 15) is 14.9 Å². The van der Waals surface area contributed by atoms with Gasteiger partial charge >= 0.3 is 6.09 Å². The summed E-state index contributed by atoms with van der Waals surface area (Å²) >= 11 is 0. The van der Waals surface area contributed by atoms with Gasteiger partial charge in [0.2, 0.25) is 0 Å². The zero-order chi connectivity index (χ0) is 19.1. The maximum atomic E-state index is 12.7. The molecule has 0 saturated carbocycles. The summed E-state index contributed by atoms with van der Waals surface area (Å²) in [7, 11) is 0. The maximum Gasteiger partial charge on any atom is 0.414 e. The minimum absolute atomic E-state index is 0.0314. The number of nitro groups is 1. The fourth-order valence-electron chi connectivity index (χ4n) is 2.58. The van der Waals surface area contributed by atoms with E-state index >= 15 is 0 Å². The Morgan fingerprint density at radius 1 is 0.852 bits per heavy atom. The number of non-ortho nitro benzene ring substituents is 1. The molecule has 0 spiro atoms. The van der Waals surface area contributed by atoms with Crippen molar-refractivity contribution >= 4 is 17.5 Å². The predicted molar refractivity (Wildman–Crippen MR) is 102 cm³/mol. The number of hydrogen-bond donors (Lipinski definition) is 0. The molecule has 0 aliphatic heterocycles. The minimum atomic E-state index is -0.517. The molecule has 0 aliphatic rings. The van der Waals surface area contributed by atoms with Crippen molar-refractivity contribution in [2.24, 2.45) is 0 Å². The number of nitro benzene ring substituents is 1. The highest BCUT2D eigenvalue weighted by atomic mass is 16.6. The van der Waals surface area contributed by atoms with Crippen LogP contribution in [0.3, 0.4) is 0 Å². The Balaban J connectivity index is 1.80. The lowest BCUT2D eigenvalue weighted by Gasteiger charge is -2.22. The third kappa shape index (κ3) is 4.92. The molecule has 0 saturated heterocycles. The summed E-state index contributed by atoms with van der Waals surface area (Å²) in [6, 6.07) is 24.7. The fraction of sp³-hybridized carbons (Fsp3) is 0.0952. The van der Waals surface area contributed by atoms with Crippen LogP contribution >= 0.6 is 0 Å². The standard InChI is InChI=1S/C21H18N2O4/c24-21(27-16-18-9-5-2-6-10-18)22(15-17-7-3-1-4-8-17)19-11-13-20(14-12-19)23(25)26/h1-14H,15-16H2. The van der Waals surface area contributed by atoms with Gasteiger partial charge in [0.05, 0.1) is 11.5 Å². The highest BCUT2D eigenvalue weighted by molar-refractivity contribution is 5.87. The van der Waals surface area contributed by atoms with Crippen LogP contribution in [0.5, 0.6) is 0 Å². The minimum Gasteiger partial charge on any atom is -0.444 e. The van der Waals surface area contributed by atoms with E-state index < -0.39 is 11.0 Å². The molecule has 6 heteroatoms. The van der Waals surface area contributed by atoms with Crippen molar-refractivity contribution in [1.82, 2.24) is 0 Å². The Morgan fingerprint density at radius 2 is 1.41 bits per heavy atom. The highest BCUT2D eigenvalue weighted by Crippen LogP contribution is 2.22. The molecular weight excluding hydrogens is 344 g/mol.